The van der Waals surface area contributed by atoms with Crippen molar-refractivity contribution in [3.05, 3.63) is 101 Å². The summed E-state index contributed by atoms with van der Waals surface area (Å²) < 4.78 is 21.0. The average molecular weight is 517 g/mol. The van der Waals surface area contributed by atoms with Crippen LogP contribution in [0.1, 0.15) is 11.1 Å². The lowest BCUT2D eigenvalue weighted by molar-refractivity contribution is 0.575. The molecule has 1 aromatic heterocycles. The van der Waals surface area contributed by atoms with Crippen LogP contribution in [0.3, 0.4) is 0 Å². The summed E-state index contributed by atoms with van der Waals surface area (Å²) in [5.41, 5.74) is 9.19. The lowest BCUT2D eigenvalue weighted by atomic mass is 9.96. The van der Waals surface area contributed by atoms with Crippen LogP contribution in [0.5, 0.6) is 0 Å². The van der Waals surface area contributed by atoms with Gasteiger partial charge in [-0.3, -0.25) is 4.90 Å². The summed E-state index contributed by atoms with van der Waals surface area (Å²) in [6, 6.07) is 26.3. The molecule has 0 fully saturated rings. The molecule has 3 heterocycles. The molecular formula is C32H20ClFN3O+. The second kappa shape index (κ2) is 7.01. The second-order valence-electron chi connectivity index (χ2n) is 10.4. The van der Waals surface area contributed by atoms with Gasteiger partial charge in [-0.2, -0.15) is 9.48 Å². The van der Waals surface area contributed by atoms with Gasteiger partial charge in [0, 0.05) is 17.5 Å². The maximum atomic E-state index is 14.4. The highest BCUT2D eigenvalue weighted by molar-refractivity contribution is 6.35. The van der Waals surface area contributed by atoms with Gasteiger partial charge in [-0.1, -0.05) is 48.0 Å². The Morgan fingerprint density at radius 1 is 0.816 bits per heavy atom. The summed E-state index contributed by atoms with van der Waals surface area (Å²) in [6.07, 6.45) is 4.00. The fraction of sp³-hybridized carbons (Fsp3) is 0.0938. The van der Waals surface area contributed by atoms with Gasteiger partial charge in [0.1, 0.15) is 27.7 Å². The molecule has 9 rings (SSSR count). The third kappa shape index (κ3) is 2.46. The summed E-state index contributed by atoms with van der Waals surface area (Å²) in [7, 11) is 0. The van der Waals surface area contributed by atoms with Crippen molar-refractivity contribution in [2.24, 2.45) is 4.99 Å². The van der Waals surface area contributed by atoms with Crippen LogP contribution in [-0.2, 0) is 12.8 Å². The molecule has 0 amide bonds. The van der Waals surface area contributed by atoms with Crippen LogP contribution in [-0.4, -0.2) is 13.0 Å². The van der Waals surface area contributed by atoms with Crippen molar-refractivity contribution >= 4 is 79.1 Å². The predicted octanol–water partition coefficient (Wildman–Crippen LogP) is 9.05. The zero-order valence-electron chi connectivity index (χ0n) is 20.2. The minimum absolute atomic E-state index is 0.299. The van der Waals surface area contributed by atoms with Gasteiger partial charge in [0.05, 0.1) is 22.1 Å². The van der Waals surface area contributed by atoms with Gasteiger partial charge in [0.2, 0.25) is 6.34 Å². The maximum Gasteiger partial charge on any atom is 0.202 e. The van der Waals surface area contributed by atoms with Gasteiger partial charge in [-0.05, 0) is 59.7 Å². The minimum atomic E-state index is -0.379. The molecule has 182 valence electrons. The summed E-state index contributed by atoms with van der Waals surface area (Å²) in [5, 5.41) is 5.09. The fourth-order valence-corrected chi connectivity index (χ4v) is 7.32. The Labute approximate surface area is 222 Å². The fourth-order valence-electron chi connectivity index (χ4n) is 6.97. The number of quaternary nitrogens is 1. The van der Waals surface area contributed by atoms with Crippen LogP contribution in [0.4, 0.5) is 32.8 Å². The van der Waals surface area contributed by atoms with E-state index in [1.165, 1.54) is 34.0 Å². The van der Waals surface area contributed by atoms with Crippen molar-refractivity contribution in [3.8, 4) is 0 Å². The van der Waals surface area contributed by atoms with Gasteiger partial charge in [0.15, 0.2) is 18.0 Å². The van der Waals surface area contributed by atoms with E-state index < -0.39 is 0 Å². The smallest absolute Gasteiger partial charge is 0.202 e. The average Bonchev–Trinajstić information content (AvgIpc) is 3.62. The summed E-state index contributed by atoms with van der Waals surface area (Å²) in [4.78, 5) is 7.10. The number of benzene rings is 5. The van der Waals surface area contributed by atoms with Crippen LogP contribution >= 0.6 is 11.6 Å². The first-order valence-electron chi connectivity index (χ1n) is 12.8. The molecular weight excluding hydrogens is 497 g/mol. The Morgan fingerprint density at radius 2 is 1.61 bits per heavy atom. The van der Waals surface area contributed by atoms with Crippen molar-refractivity contribution in [1.82, 2.24) is 4.48 Å². The number of fused-ring (bicyclic) bond motifs is 6. The van der Waals surface area contributed by atoms with E-state index in [4.69, 9.17) is 21.0 Å². The first kappa shape index (κ1) is 20.8. The topological polar surface area (TPSA) is 28.7 Å². The van der Waals surface area contributed by atoms with E-state index in [1.807, 2.05) is 36.7 Å². The number of furan rings is 1. The SMILES string of the molecule is Fc1cc(Cl)c2c(c1)N=C[N+]21CN(c2cccc3oc4ccccc4c23)c2ccc3c4c(ccc1c24)CC3. The molecule has 3 aliphatic rings. The quantitative estimate of drug-likeness (QED) is 0.204. The first-order valence-corrected chi connectivity index (χ1v) is 13.2. The molecule has 0 radical (unpaired) electrons. The van der Waals surface area contributed by atoms with E-state index in [-0.39, 0.29) is 5.82 Å². The highest BCUT2D eigenvalue weighted by atomic mass is 35.5. The number of hydrogen-bond donors (Lipinski definition) is 0. The van der Waals surface area contributed by atoms with Gasteiger partial charge in [-0.25, -0.2) is 4.39 Å². The largest absolute Gasteiger partial charge is 0.456 e. The molecule has 0 N–H and O–H groups in total. The van der Waals surface area contributed by atoms with E-state index in [0.29, 0.717) is 21.9 Å². The van der Waals surface area contributed by atoms with E-state index in [0.717, 1.165) is 57.5 Å². The lowest BCUT2D eigenvalue weighted by Gasteiger charge is -2.42. The number of anilines is 2. The van der Waals surface area contributed by atoms with Crippen molar-refractivity contribution in [2.45, 2.75) is 12.8 Å². The molecule has 38 heavy (non-hydrogen) atoms. The first-order chi connectivity index (χ1) is 18.6. The normalized spacial score (nSPS) is 18.9. The number of rotatable bonds is 1. The maximum absolute atomic E-state index is 14.4. The summed E-state index contributed by atoms with van der Waals surface area (Å²) in [5.74, 6) is -0.379. The highest BCUT2D eigenvalue weighted by Crippen LogP contribution is 2.57. The number of nitrogens with zero attached hydrogens (tertiary/aromatic N) is 3. The molecule has 1 atom stereocenters. The van der Waals surface area contributed by atoms with Crippen molar-refractivity contribution in [1.29, 1.82) is 0 Å². The summed E-state index contributed by atoms with van der Waals surface area (Å²) in [6.45, 7) is 0.529. The van der Waals surface area contributed by atoms with Crippen LogP contribution in [0.25, 0.3) is 32.7 Å². The molecule has 0 saturated carbocycles. The zero-order chi connectivity index (χ0) is 25.2. The number of hydrogen-bond acceptors (Lipinski definition) is 3. The predicted molar refractivity (Wildman–Crippen MR) is 153 cm³/mol. The molecule has 0 saturated heterocycles. The van der Waals surface area contributed by atoms with Crippen molar-refractivity contribution in [2.75, 3.05) is 11.6 Å². The Morgan fingerprint density at radius 3 is 2.50 bits per heavy atom. The molecule has 1 spiro atoms. The molecule has 0 bridgehead atoms. The Hall–Kier alpha value is -4.19. The van der Waals surface area contributed by atoms with Crippen LogP contribution < -0.4 is 9.38 Å². The third-order valence-corrected chi connectivity index (χ3v) is 8.80. The monoisotopic (exact) mass is 516 g/mol. The zero-order valence-corrected chi connectivity index (χ0v) is 21.0. The van der Waals surface area contributed by atoms with E-state index in [9.17, 15) is 4.39 Å². The van der Waals surface area contributed by atoms with Gasteiger partial charge >= 0.3 is 0 Å². The van der Waals surface area contributed by atoms with Crippen molar-refractivity contribution < 1.29 is 8.81 Å². The minimum Gasteiger partial charge on any atom is -0.456 e. The number of aliphatic imine (C=N–C) groups is 1. The van der Waals surface area contributed by atoms with Gasteiger partial charge in [0.25, 0.3) is 0 Å². The number of para-hydroxylation sites is 1. The number of halogens is 2. The molecule has 2 aliphatic heterocycles. The van der Waals surface area contributed by atoms with Crippen LogP contribution in [0.2, 0.25) is 5.02 Å². The van der Waals surface area contributed by atoms with E-state index in [1.54, 1.807) is 0 Å². The molecule has 6 heteroatoms. The van der Waals surface area contributed by atoms with E-state index in [2.05, 4.69) is 41.3 Å². The Bertz CT molecular complexity index is 2050. The molecule has 4 nitrogen and oxygen atoms in total. The van der Waals surface area contributed by atoms with Crippen LogP contribution in [0, 0.1) is 5.82 Å². The Kier molecular flexibility index (Phi) is 3.84. The molecule has 6 aromatic rings. The highest BCUT2D eigenvalue weighted by Gasteiger charge is 2.48. The molecule has 5 aromatic carbocycles. The molecule has 1 unspecified atom stereocenters. The lowest BCUT2D eigenvalue weighted by Crippen LogP contribution is -2.51. The van der Waals surface area contributed by atoms with Gasteiger partial charge in [-0.15, -0.1) is 0 Å². The van der Waals surface area contributed by atoms with Gasteiger partial charge < -0.3 is 4.42 Å². The third-order valence-electron chi connectivity index (χ3n) is 8.51. The van der Waals surface area contributed by atoms with Crippen molar-refractivity contribution in [3.63, 3.8) is 0 Å². The standard InChI is InChI=1S/C32H20ClFN3O/c33-22-14-20(34)15-23-32(22)37(16-35-23)17-36(24-5-3-7-28-30(24)21-4-1-2-6-27(21)38-28)25-12-10-18-8-9-19-11-13-26(37)31(25)29(18)19/h1-7,10-16H,8-9,17H2/q+1. The Balaban J connectivity index is 1.42. The summed E-state index contributed by atoms with van der Waals surface area (Å²) >= 11 is 6.81. The second-order valence-corrected chi connectivity index (χ2v) is 10.8. The van der Waals surface area contributed by atoms with Crippen LogP contribution in [0.15, 0.2) is 88.3 Å². The molecule has 1 aliphatic carbocycles. The number of aryl methyl sites for hydroxylation is 2. The van der Waals surface area contributed by atoms with E-state index >= 15 is 0 Å².